The molecular weight excluding hydrogens is 296 g/mol. The van der Waals surface area contributed by atoms with Gasteiger partial charge in [-0.15, -0.1) is 0 Å². The van der Waals surface area contributed by atoms with E-state index >= 15 is 0 Å². The molecule has 0 atom stereocenters. The number of nitrogens with one attached hydrogen (secondary N) is 1. The lowest BCUT2D eigenvalue weighted by molar-refractivity contribution is 0.275. The number of hydrogen-bond donors (Lipinski definition) is 1. The van der Waals surface area contributed by atoms with Gasteiger partial charge in [0.25, 0.3) is 0 Å². The lowest BCUT2D eigenvalue weighted by Gasteiger charge is -2.21. The molecule has 118 valence electrons. The van der Waals surface area contributed by atoms with Crippen molar-refractivity contribution in [1.29, 1.82) is 0 Å². The van der Waals surface area contributed by atoms with Crippen LogP contribution in [-0.4, -0.2) is 23.0 Å². The minimum Gasteiger partial charge on any atom is -0.358 e. The highest BCUT2D eigenvalue weighted by Gasteiger charge is 2.16. The molecule has 0 spiro atoms. The van der Waals surface area contributed by atoms with Crippen LogP contribution >= 0.6 is 11.6 Å². The Labute approximate surface area is 136 Å². The summed E-state index contributed by atoms with van der Waals surface area (Å²) in [5.74, 6) is 0. The highest BCUT2D eigenvalue weighted by Crippen LogP contribution is 2.22. The molecule has 1 N–H and O–H groups in total. The first-order valence-electron chi connectivity index (χ1n) is 8.10. The third kappa shape index (κ3) is 3.06. The number of H-pyrrole nitrogens is 1. The largest absolute Gasteiger partial charge is 0.358 e. The SMILES string of the molecule is Cc1[nH]c2c(C)cc(Cl)cc2c(=O)c1CN1CCCCCC1. The van der Waals surface area contributed by atoms with Crippen LogP contribution in [0.25, 0.3) is 10.9 Å². The lowest BCUT2D eigenvalue weighted by Crippen LogP contribution is -2.28. The van der Waals surface area contributed by atoms with Crippen LogP contribution < -0.4 is 5.43 Å². The van der Waals surface area contributed by atoms with Gasteiger partial charge >= 0.3 is 0 Å². The number of aryl methyl sites for hydroxylation is 2. The molecule has 4 heteroatoms. The maximum Gasteiger partial charge on any atom is 0.194 e. The number of rotatable bonds is 2. The molecule has 1 aromatic heterocycles. The average molecular weight is 319 g/mol. The van der Waals surface area contributed by atoms with Crippen LogP contribution in [0.3, 0.4) is 0 Å². The second-order valence-corrected chi connectivity index (χ2v) is 6.83. The Morgan fingerprint density at radius 3 is 2.50 bits per heavy atom. The molecule has 0 saturated carbocycles. The Kier molecular flexibility index (Phi) is 4.55. The first-order chi connectivity index (χ1) is 10.6. The molecule has 3 rings (SSSR count). The van der Waals surface area contributed by atoms with Gasteiger partial charge in [-0.1, -0.05) is 24.4 Å². The second-order valence-electron chi connectivity index (χ2n) is 6.39. The molecule has 1 aliphatic heterocycles. The van der Waals surface area contributed by atoms with Crippen LogP contribution in [0, 0.1) is 13.8 Å². The van der Waals surface area contributed by atoms with Crippen LogP contribution in [-0.2, 0) is 6.54 Å². The molecule has 0 radical (unpaired) electrons. The van der Waals surface area contributed by atoms with Gasteiger partial charge in [0.2, 0.25) is 0 Å². The molecule has 1 aliphatic rings. The number of pyridine rings is 1. The number of halogens is 1. The van der Waals surface area contributed by atoms with E-state index in [1.54, 1.807) is 6.07 Å². The van der Waals surface area contributed by atoms with E-state index in [0.29, 0.717) is 10.4 Å². The van der Waals surface area contributed by atoms with E-state index in [0.717, 1.165) is 42.0 Å². The molecule has 3 nitrogen and oxygen atoms in total. The monoisotopic (exact) mass is 318 g/mol. The summed E-state index contributed by atoms with van der Waals surface area (Å²) in [5, 5.41) is 1.33. The third-order valence-corrected chi connectivity index (χ3v) is 4.88. The van der Waals surface area contributed by atoms with Gasteiger partial charge in [0, 0.05) is 28.2 Å². The van der Waals surface area contributed by atoms with Crippen molar-refractivity contribution in [3.63, 3.8) is 0 Å². The highest BCUT2D eigenvalue weighted by molar-refractivity contribution is 6.31. The smallest absolute Gasteiger partial charge is 0.194 e. The number of aromatic nitrogens is 1. The van der Waals surface area contributed by atoms with Gasteiger partial charge < -0.3 is 4.98 Å². The predicted octanol–water partition coefficient (Wildman–Crippen LogP) is 4.17. The molecule has 1 saturated heterocycles. The maximum atomic E-state index is 12.9. The number of nitrogens with zero attached hydrogens (tertiary/aromatic N) is 1. The number of aromatic amines is 1. The molecule has 1 fully saturated rings. The Hall–Kier alpha value is -1.32. The fraction of sp³-hybridized carbons (Fsp3) is 0.500. The van der Waals surface area contributed by atoms with Gasteiger partial charge in [0.05, 0.1) is 5.52 Å². The van der Waals surface area contributed by atoms with Crippen molar-refractivity contribution >= 4 is 22.5 Å². The van der Waals surface area contributed by atoms with E-state index in [-0.39, 0.29) is 5.43 Å². The zero-order valence-corrected chi connectivity index (χ0v) is 14.1. The third-order valence-electron chi connectivity index (χ3n) is 4.66. The van der Waals surface area contributed by atoms with Crippen molar-refractivity contribution in [2.75, 3.05) is 13.1 Å². The average Bonchev–Trinajstić information content (AvgIpc) is 2.73. The normalized spacial score (nSPS) is 16.9. The maximum absolute atomic E-state index is 12.9. The van der Waals surface area contributed by atoms with Gasteiger partial charge in [-0.2, -0.15) is 0 Å². The van der Waals surface area contributed by atoms with Gasteiger partial charge in [0.1, 0.15) is 0 Å². The van der Waals surface area contributed by atoms with Crippen molar-refractivity contribution in [3.8, 4) is 0 Å². The number of fused-ring (bicyclic) bond motifs is 1. The molecule has 2 aromatic rings. The van der Waals surface area contributed by atoms with Crippen molar-refractivity contribution in [1.82, 2.24) is 9.88 Å². The Balaban J connectivity index is 2.04. The van der Waals surface area contributed by atoms with Gasteiger partial charge in [-0.3, -0.25) is 9.69 Å². The van der Waals surface area contributed by atoms with E-state index in [4.69, 9.17) is 11.6 Å². The van der Waals surface area contributed by atoms with Crippen molar-refractivity contribution in [3.05, 3.63) is 44.2 Å². The summed E-state index contributed by atoms with van der Waals surface area (Å²) in [6, 6.07) is 3.68. The zero-order valence-electron chi connectivity index (χ0n) is 13.3. The first kappa shape index (κ1) is 15.6. The minimum absolute atomic E-state index is 0.126. The number of hydrogen-bond acceptors (Lipinski definition) is 2. The quantitative estimate of drug-likeness (QED) is 0.902. The van der Waals surface area contributed by atoms with Crippen LogP contribution in [0.1, 0.15) is 42.5 Å². The summed E-state index contributed by atoms with van der Waals surface area (Å²) in [6.07, 6.45) is 5.07. The van der Waals surface area contributed by atoms with Crippen LogP contribution in [0.2, 0.25) is 5.02 Å². The fourth-order valence-corrected chi connectivity index (χ4v) is 3.66. The van der Waals surface area contributed by atoms with Gasteiger partial charge in [0.15, 0.2) is 5.43 Å². The zero-order chi connectivity index (χ0) is 15.7. The van der Waals surface area contributed by atoms with Crippen molar-refractivity contribution < 1.29 is 0 Å². The molecule has 0 aliphatic carbocycles. The van der Waals surface area contributed by atoms with Crippen LogP contribution in [0.15, 0.2) is 16.9 Å². The topological polar surface area (TPSA) is 36.1 Å². The minimum atomic E-state index is 0.126. The number of benzene rings is 1. The van der Waals surface area contributed by atoms with Gasteiger partial charge in [-0.05, 0) is 57.5 Å². The molecule has 0 unspecified atom stereocenters. The van der Waals surface area contributed by atoms with E-state index < -0.39 is 0 Å². The molecule has 22 heavy (non-hydrogen) atoms. The van der Waals surface area contributed by atoms with E-state index in [1.165, 1.54) is 25.7 Å². The summed E-state index contributed by atoms with van der Waals surface area (Å²) in [5.41, 5.74) is 3.92. The Bertz CT molecular complexity index is 743. The Morgan fingerprint density at radius 1 is 1.14 bits per heavy atom. The van der Waals surface area contributed by atoms with E-state index in [9.17, 15) is 4.79 Å². The Morgan fingerprint density at radius 2 is 1.82 bits per heavy atom. The molecular formula is C18H23ClN2O. The van der Waals surface area contributed by atoms with Crippen LogP contribution in [0.4, 0.5) is 0 Å². The standard InChI is InChI=1S/C18H23ClN2O/c1-12-9-14(19)10-15-17(12)20-13(2)16(18(15)22)11-21-7-5-3-4-6-8-21/h9-10H,3-8,11H2,1-2H3,(H,20,22). The molecule has 0 amide bonds. The summed E-state index contributed by atoms with van der Waals surface area (Å²) in [6.45, 7) is 6.90. The van der Waals surface area contributed by atoms with E-state index in [1.807, 2.05) is 19.9 Å². The summed E-state index contributed by atoms with van der Waals surface area (Å²) < 4.78 is 0. The fourth-order valence-electron chi connectivity index (χ4n) is 3.39. The van der Waals surface area contributed by atoms with Gasteiger partial charge in [-0.25, -0.2) is 0 Å². The summed E-state index contributed by atoms with van der Waals surface area (Å²) in [7, 11) is 0. The highest BCUT2D eigenvalue weighted by atomic mass is 35.5. The summed E-state index contributed by atoms with van der Waals surface area (Å²) >= 11 is 6.14. The van der Waals surface area contributed by atoms with Crippen molar-refractivity contribution in [2.45, 2.75) is 46.1 Å². The molecule has 2 heterocycles. The lowest BCUT2D eigenvalue weighted by atomic mass is 10.1. The second kappa shape index (κ2) is 6.43. The summed E-state index contributed by atoms with van der Waals surface area (Å²) in [4.78, 5) is 18.7. The van der Waals surface area contributed by atoms with Crippen molar-refractivity contribution in [2.24, 2.45) is 0 Å². The first-order valence-corrected chi connectivity index (χ1v) is 8.48. The number of likely N-dealkylation sites (tertiary alicyclic amines) is 1. The van der Waals surface area contributed by atoms with Crippen LogP contribution in [0.5, 0.6) is 0 Å². The predicted molar refractivity (Wildman–Crippen MR) is 92.8 cm³/mol. The molecule has 0 bridgehead atoms. The van der Waals surface area contributed by atoms with E-state index in [2.05, 4.69) is 9.88 Å². The molecule has 1 aromatic carbocycles.